The third-order valence-corrected chi connectivity index (χ3v) is 25.3. The van der Waals surface area contributed by atoms with Crippen molar-refractivity contribution in [3.05, 3.63) is 0 Å². The molecule has 0 aliphatic carbocycles. The Morgan fingerprint density at radius 2 is 0.673 bits per heavy atom. The van der Waals surface area contributed by atoms with E-state index in [4.69, 9.17) is 16.5 Å². The summed E-state index contributed by atoms with van der Waals surface area (Å²) in [5.74, 6) is 0. The van der Waals surface area contributed by atoms with Crippen LogP contribution in [0, 0.1) is 0 Å². The van der Waals surface area contributed by atoms with Gasteiger partial charge in [-0.15, -0.1) is 0 Å². The topological polar surface area (TPSA) is 57.2 Å². The number of rotatable bonds is 27. The maximum absolute atomic E-state index is 9.44. The first-order chi connectivity index (χ1) is 18.4. The van der Waals surface area contributed by atoms with Gasteiger partial charge in [0.2, 0.25) is 0 Å². The van der Waals surface area contributed by atoms with Crippen molar-refractivity contribution in [2.24, 2.45) is 0 Å². The number of aliphatic hydroxyl groups is 1. The molecule has 2 atom stereocenters. The SMILES string of the molecule is C.C.C.C.C.C.C.CCCCCCCCCCCCCCCC[Si](C)(O[Si](C)(C)C)O[Si](C)(CCCCO)O[Si](C)(C)O[Si](C)(C)C.[W].[Y]. The smallest absolute Gasteiger partial charge is 0.317 e. The molecule has 0 aliphatic rings. The second-order valence-corrected chi connectivity index (χ2v) is 34.9. The summed E-state index contributed by atoms with van der Waals surface area (Å²) in [6, 6.07) is 1.92. The van der Waals surface area contributed by atoms with Gasteiger partial charge in [0.15, 0.2) is 16.6 Å². The number of hydrogen-bond acceptors (Lipinski definition) is 5. The molecule has 0 aromatic rings. The molecule has 0 saturated carbocycles. The van der Waals surface area contributed by atoms with Crippen LogP contribution in [0.15, 0.2) is 0 Å². The molecule has 0 aliphatic heterocycles. The van der Waals surface area contributed by atoms with Crippen molar-refractivity contribution in [2.45, 2.75) is 239 Å². The molecule has 0 aromatic carbocycles. The van der Waals surface area contributed by atoms with Crippen molar-refractivity contribution in [2.75, 3.05) is 6.61 Å². The maximum atomic E-state index is 9.44. The molecule has 0 amide bonds. The molecular weight excluding hydrogens is 938 g/mol. The van der Waals surface area contributed by atoms with E-state index in [0.717, 1.165) is 24.9 Å². The van der Waals surface area contributed by atoms with Crippen molar-refractivity contribution >= 4 is 42.3 Å². The molecular formula is C37H100O5Si5WY. The van der Waals surface area contributed by atoms with E-state index in [1.54, 1.807) is 0 Å². The summed E-state index contributed by atoms with van der Waals surface area (Å²) in [7, 11) is -10.9. The van der Waals surface area contributed by atoms with Crippen LogP contribution in [0.4, 0.5) is 0 Å². The standard InChI is InChI=1S/C30H72O5Si5.7CH4.W.Y/c1-12-13-14-15-16-17-18-19-20-21-22-23-24-26-29-39(10,33-37(5,6)7)35-40(11,30-27-25-28-31)34-38(8,9)32-36(2,3)4;;;;;;;;;/h31H,12-30H2,1-11H3;7*1H4;;. The van der Waals surface area contributed by atoms with Crippen LogP contribution in [0.5, 0.6) is 0 Å². The number of aliphatic hydroxyl groups excluding tert-OH is 1. The maximum Gasteiger partial charge on any atom is 0.317 e. The minimum Gasteiger partial charge on any atom is -0.437 e. The molecule has 0 aromatic heterocycles. The molecule has 0 bridgehead atoms. The predicted octanol–water partition coefficient (Wildman–Crippen LogP) is 15.3. The molecule has 0 heterocycles. The minimum absolute atomic E-state index is 0. The van der Waals surface area contributed by atoms with Gasteiger partial charge in [-0.25, -0.2) is 0 Å². The molecule has 0 fully saturated rings. The molecule has 49 heavy (non-hydrogen) atoms. The second-order valence-electron chi connectivity index (χ2n) is 14.8. The number of hydrogen-bond donors (Lipinski definition) is 1. The summed E-state index contributed by atoms with van der Waals surface area (Å²) in [6.07, 6.45) is 20.9. The van der Waals surface area contributed by atoms with E-state index in [9.17, 15) is 5.11 Å². The Hall–Kier alpha value is 2.68. The zero-order valence-corrected chi connectivity index (χ0v) is 40.8. The van der Waals surface area contributed by atoms with Gasteiger partial charge >= 0.3 is 25.7 Å². The van der Waals surface area contributed by atoms with E-state index in [1.165, 1.54) is 89.9 Å². The largest absolute Gasteiger partial charge is 0.437 e. The van der Waals surface area contributed by atoms with Gasteiger partial charge in [0.25, 0.3) is 0 Å². The van der Waals surface area contributed by atoms with Crippen LogP contribution in [0.3, 0.4) is 0 Å². The molecule has 5 nitrogen and oxygen atoms in total. The van der Waals surface area contributed by atoms with Crippen molar-refractivity contribution in [3.8, 4) is 0 Å². The summed E-state index contributed by atoms with van der Waals surface area (Å²) in [5, 5.41) is 9.44. The van der Waals surface area contributed by atoms with E-state index in [1.807, 2.05) is 0 Å². The van der Waals surface area contributed by atoms with E-state index in [2.05, 4.69) is 72.4 Å². The Labute approximate surface area is 360 Å². The van der Waals surface area contributed by atoms with Crippen molar-refractivity contribution in [1.29, 1.82) is 0 Å². The van der Waals surface area contributed by atoms with Crippen LogP contribution < -0.4 is 0 Å². The summed E-state index contributed by atoms with van der Waals surface area (Å²) < 4.78 is 27.6. The Morgan fingerprint density at radius 1 is 0.388 bits per heavy atom. The fraction of sp³-hybridized carbons (Fsp3) is 1.00. The third kappa shape index (κ3) is 48.7. The molecule has 2 unspecified atom stereocenters. The van der Waals surface area contributed by atoms with Gasteiger partial charge in [-0.3, -0.25) is 0 Å². The second kappa shape index (κ2) is 40.3. The molecule has 0 saturated heterocycles. The zero-order chi connectivity index (χ0) is 30.8. The fourth-order valence-electron chi connectivity index (χ4n) is 5.83. The van der Waals surface area contributed by atoms with E-state index in [0.29, 0.717) is 0 Å². The van der Waals surface area contributed by atoms with Gasteiger partial charge < -0.3 is 21.6 Å². The van der Waals surface area contributed by atoms with Crippen LogP contribution >= 0.6 is 0 Å². The molecule has 0 spiro atoms. The van der Waals surface area contributed by atoms with Crippen molar-refractivity contribution in [1.82, 2.24) is 0 Å². The molecule has 307 valence electrons. The molecule has 0 rings (SSSR count). The Bertz CT molecular complexity index is 643. The van der Waals surface area contributed by atoms with Gasteiger partial charge in [0, 0.05) is 60.4 Å². The monoisotopic (exact) mass is 1040 g/mol. The van der Waals surface area contributed by atoms with Gasteiger partial charge in [-0.1, -0.05) is 149 Å². The van der Waals surface area contributed by atoms with Crippen LogP contribution in [0.1, 0.15) is 162 Å². The average molecular weight is 1040 g/mol. The van der Waals surface area contributed by atoms with Crippen LogP contribution in [0.25, 0.3) is 0 Å². The third-order valence-electron chi connectivity index (χ3n) is 6.99. The van der Waals surface area contributed by atoms with Gasteiger partial charge in [-0.2, -0.15) is 0 Å². The fourth-order valence-corrected chi connectivity index (χ4v) is 29.8. The molecule has 12 heteroatoms. The van der Waals surface area contributed by atoms with Gasteiger partial charge in [0.05, 0.1) is 0 Å². The van der Waals surface area contributed by atoms with Gasteiger partial charge in [-0.05, 0) is 90.4 Å². The Morgan fingerprint density at radius 3 is 0.980 bits per heavy atom. The summed E-state index contributed by atoms with van der Waals surface area (Å²) in [5.41, 5.74) is 0. The average Bonchev–Trinajstić information content (AvgIpc) is 2.75. The first-order valence-electron chi connectivity index (χ1n) is 16.9. The van der Waals surface area contributed by atoms with Gasteiger partial charge in [0.1, 0.15) is 0 Å². The van der Waals surface area contributed by atoms with E-state index >= 15 is 0 Å². The van der Waals surface area contributed by atoms with Crippen molar-refractivity contribution in [3.63, 3.8) is 0 Å². The Kier molecular flexibility index (Phi) is 62.9. The molecule has 1 radical (unpaired) electrons. The quantitative estimate of drug-likeness (QED) is 0.0656. The van der Waals surface area contributed by atoms with Crippen molar-refractivity contribution < 1.29 is 75.3 Å². The summed E-state index contributed by atoms with van der Waals surface area (Å²) >= 11 is 0. The van der Waals surface area contributed by atoms with Crippen LogP contribution in [-0.4, -0.2) is 54.0 Å². The van der Waals surface area contributed by atoms with Crippen LogP contribution in [0.2, 0.25) is 77.6 Å². The number of unbranched alkanes of at least 4 members (excludes halogenated alkanes) is 14. The minimum atomic E-state index is -2.56. The Balaban J connectivity index is -0.000000211. The summed E-state index contributed by atoms with van der Waals surface area (Å²) in [4.78, 5) is 0. The molecule has 1 N–H and O–H groups in total. The van der Waals surface area contributed by atoms with E-state index in [-0.39, 0.29) is 112 Å². The first kappa shape index (κ1) is 76.4. The first-order valence-corrected chi connectivity index (χ1v) is 31.5. The van der Waals surface area contributed by atoms with Crippen LogP contribution in [-0.2, 0) is 70.2 Å². The normalized spacial score (nSPS) is 13.2. The predicted molar refractivity (Wildman–Crippen MR) is 235 cm³/mol. The zero-order valence-electron chi connectivity index (χ0n) is 30.0. The van der Waals surface area contributed by atoms with E-state index < -0.39 is 42.3 Å². The summed E-state index contributed by atoms with van der Waals surface area (Å²) in [6.45, 7) is 24.9.